The molecule has 1 amide bonds. The maximum atomic E-state index is 13.0. The standard InChI is InChI=1S/C17H21BrN4O4S.C17H20BrN3O5S/c1-5-27(24,25)14-6-11(26-10(2)3)8-21-16(14)17(23)22(4)13-9-20-15(18)7-12(13)19;1-10(2)26-12-7-15(27(23,24)25-4)17(21-8-12)14(22)5-11-6-16(18)20-9-13(11)19-3/h6-10H,5H2,1-4H3,(H2,19,20);6-10,19H,5H2,1-4H3. The van der Waals surface area contributed by atoms with Crippen LogP contribution in [0.5, 0.6) is 11.5 Å². The number of ketones is 1. The van der Waals surface area contributed by atoms with E-state index in [1.165, 1.54) is 49.6 Å². The number of carbonyl (C=O) groups excluding carboxylic acids is 2. The van der Waals surface area contributed by atoms with Gasteiger partial charge in [0.05, 0.1) is 66.9 Å². The number of carbonyl (C=O) groups is 2. The number of amides is 1. The van der Waals surface area contributed by atoms with E-state index < -0.39 is 31.6 Å². The van der Waals surface area contributed by atoms with Gasteiger partial charge >= 0.3 is 0 Å². The topological polar surface area (TPSA) is 223 Å². The normalized spacial score (nSPS) is 11.5. The fraction of sp³-hybridized carbons (Fsp3) is 0.353. The Morgan fingerprint density at radius 3 is 1.89 bits per heavy atom. The lowest BCUT2D eigenvalue weighted by Gasteiger charge is -2.20. The van der Waals surface area contributed by atoms with Gasteiger partial charge in [-0.05, 0) is 77.3 Å². The summed E-state index contributed by atoms with van der Waals surface area (Å²) in [4.78, 5) is 42.8. The highest BCUT2D eigenvalue weighted by Gasteiger charge is 2.28. The van der Waals surface area contributed by atoms with Gasteiger partial charge in [0, 0.05) is 32.6 Å². The number of nitrogens with one attached hydrogen (secondary N) is 1. The maximum Gasteiger partial charge on any atom is 0.299 e. The van der Waals surface area contributed by atoms with Crippen molar-refractivity contribution in [3.63, 3.8) is 0 Å². The summed E-state index contributed by atoms with van der Waals surface area (Å²) in [6, 6.07) is 5.82. The number of Topliss-reactive ketones (excluding diaryl/α,β-unsaturated/α-hetero) is 1. The summed E-state index contributed by atoms with van der Waals surface area (Å²) in [5.41, 5.74) is 7.50. The summed E-state index contributed by atoms with van der Waals surface area (Å²) >= 11 is 6.47. The van der Waals surface area contributed by atoms with Crippen LogP contribution in [0.1, 0.15) is 61.2 Å². The molecule has 4 aromatic heterocycles. The van der Waals surface area contributed by atoms with E-state index in [0.29, 0.717) is 31.8 Å². The Hall–Kier alpha value is -4.24. The third-order valence-corrected chi connectivity index (χ3v) is 11.1. The molecule has 54 heavy (non-hydrogen) atoms. The second-order valence-electron chi connectivity index (χ2n) is 11.8. The minimum absolute atomic E-state index is 0.0685. The second kappa shape index (κ2) is 18.9. The first kappa shape index (κ1) is 44.2. The molecule has 20 heteroatoms. The predicted molar refractivity (Wildman–Crippen MR) is 211 cm³/mol. The van der Waals surface area contributed by atoms with Gasteiger partial charge in [0.1, 0.15) is 41.9 Å². The molecule has 0 atom stereocenters. The number of nitrogen functional groups attached to an aromatic ring is 1. The van der Waals surface area contributed by atoms with Gasteiger partial charge < -0.3 is 25.4 Å². The fourth-order valence-electron chi connectivity index (χ4n) is 4.65. The number of hydrogen-bond donors (Lipinski definition) is 2. The molecule has 4 rings (SSSR count). The van der Waals surface area contributed by atoms with Gasteiger partial charge in [0.25, 0.3) is 16.0 Å². The van der Waals surface area contributed by atoms with Crippen LogP contribution >= 0.6 is 31.9 Å². The zero-order valence-electron chi connectivity index (χ0n) is 30.7. The molecule has 0 aliphatic heterocycles. The molecule has 0 radical (unpaired) electrons. The molecule has 4 aromatic rings. The van der Waals surface area contributed by atoms with Gasteiger partial charge in [0.15, 0.2) is 15.6 Å². The van der Waals surface area contributed by atoms with Crippen molar-refractivity contribution in [1.82, 2.24) is 19.9 Å². The van der Waals surface area contributed by atoms with Crippen molar-refractivity contribution < 1.29 is 40.1 Å². The first-order valence-electron chi connectivity index (χ1n) is 16.2. The third kappa shape index (κ3) is 11.4. The number of nitrogens with two attached hydrogens (primary N) is 1. The summed E-state index contributed by atoms with van der Waals surface area (Å²) in [5.74, 6) is -0.753. The Morgan fingerprint density at radius 2 is 1.37 bits per heavy atom. The van der Waals surface area contributed by atoms with Gasteiger partial charge in [-0.3, -0.25) is 13.8 Å². The van der Waals surface area contributed by atoms with Crippen LogP contribution in [0.2, 0.25) is 0 Å². The molecule has 0 saturated carbocycles. The summed E-state index contributed by atoms with van der Waals surface area (Å²) < 4.78 is 66.3. The van der Waals surface area contributed by atoms with Crippen molar-refractivity contribution in [3.05, 3.63) is 75.2 Å². The van der Waals surface area contributed by atoms with Crippen molar-refractivity contribution in [1.29, 1.82) is 0 Å². The number of halogens is 2. The number of aromatic nitrogens is 4. The number of hydrogen-bond acceptors (Lipinski definition) is 15. The van der Waals surface area contributed by atoms with Gasteiger partial charge in [-0.1, -0.05) is 6.92 Å². The zero-order chi connectivity index (χ0) is 40.5. The van der Waals surface area contributed by atoms with Gasteiger partial charge in [-0.25, -0.2) is 28.4 Å². The SMILES string of the molecule is CCS(=O)(=O)c1cc(OC(C)C)cnc1C(=O)N(C)c1cnc(Br)cc1N.CNc1cnc(Br)cc1CC(=O)c1ncc(OC(C)C)cc1S(=O)(=O)OC. The Balaban J connectivity index is 0.000000290. The van der Waals surface area contributed by atoms with E-state index in [-0.39, 0.29) is 57.1 Å². The van der Waals surface area contributed by atoms with Crippen molar-refractivity contribution in [3.8, 4) is 11.5 Å². The molecule has 16 nitrogen and oxygen atoms in total. The van der Waals surface area contributed by atoms with Gasteiger partial charge in [-0.2, -0.15) is 8.42 Å². The van der Waals surface area contributed by atoms with Crippen molar-refractivity contribution >= 4 is 80.6 Å². The van der Waals surface area contributed by atoms with Crippen LogP contribution in [0.15, 0.2) is 68.1 Å². The molecule has 0 bridgehead atoms. The second-order valence-corrected chi connectivity index (χ2v) is 17.4. The molecule has 3 N–H and O–H groups in total. The van der Waals surface area contributed by atoms with E-state index in [4.69, 9.17) is 15.2 Å². The predicted octanol–water partition coefficient (Wildman–Crippen LogP) is 5.51. The van der Waals surface area contributed by atoms with Crippen LogP contribution < -0.4 is 25.4 Å². The fourth-order valence-corrected chi connectivity index (χ4v) is 7.26. The Labute approximate surface area is 331 Å². The molecule has 0 unspecified atom stereocenters. The van der Waals surface area contributed by atoms with Crippen LogP contribution in [0, 0.1) is 0 Å². The Morgan fingerprint density at radius 1 is 0.833 bits per heavy atom. The molecule has 0 aromatic carbocycles. The molecule has 0 aliphatic rings. The number of ether oxygens (including phenoxy) is 2. The first-order valence-corrected chi connectivity index (χ1v) is 20.8. The van der Waals surface area contributed by atoms with Crippen molar-refractivity contribution in [2.24, 2.45) is 0 Å². The van der Waals surface area contributed by atoms with E-state index in [1.54, 1.807) is 39.2 Å². The lowest BCUT2D eigenvalue weighted by molar-refractivity contribution is 0.0976. The van der Waals surface area contributed by atoms with Crippen LogP contribution in [0.4, 0.5) is 17.1 Å². The van der Waals surface area contributed by atoms with E-state index in [9.17, 15) is 26.4 Å². The summed E-state index contributed by atoms with van der Waals surface area (Å²) in [6.07, 6.45) is 5.23. The van der Waals surface area contributed by atoms with Gasteiger partial charge in [0.2, 0.25) is 0 Å². The highest BCUT2D eigenvalue weighted by Crippen LogP contribution is 2.29. The maximum absolute atomic E-state index is 13.0. The van der Waals surface area contributed by atoms with Crippen LogP contribution in [0.25, 0.3) is 0 Å². The summed E-state index contributed by atoms with van der Waals surface area (Å²) in [5, 5.41) is 2.95. The Kier molecular flexibility index (Phi) is 15.4. The van der Waals surface area contributed by atoms with E-state index in [1.807, 2.05) is 13.8 Å². The number of anilines is 3. The average Bonchev–Trinajstić information content (AvgIpc) is 3.11. The van der Waals surface area contributed by atoms with Crippen LogP contribution in [-0.2, 0) is 30.6 Å². The van der Waals surface area contributed by atoms with E-state index in [0.717, 1.165) is 7.11 Å². The monoisotopic (exact) mass is 913 g/mol. The van der Waals surface area contributed by atoms with Crippen molar-refractivity contribution in [2.75, 3.05) is 42.9 Å². The molecule has 0 aliphatic carbocycles. The lowest BCUT2D eigenvalue weighted by Crippen LogP contribution is -2.30. The largest absolute Gasteiger partial charge is 0.489 e. The molecule has 292 valence electrons. The van der Waals surface area contributed by atoms with Crippen molar-refractivity contribution in [2.45, 2.75) is 63.0 Å². The Bertz CT molecular complexity index is 2220. The zero-order valence-corrected chi connectivity index (χ0v) is 35.6. The minimum Gasteiger partial charge on any atom is -0.489 e. The van der Waals surface area contributed by atoms with Crippen LogP contribution in [-0.4, -0.2) is 87.6 Å². The number of sulfone groups is 1. The van der Waals surface area contributed by atoms with Crippen LogP contribution in [0.3, 0.4) is 0 Å². The molecule has 4 heterocycles. The molecule has 0 saturated heterocycles. The highest BCUT2D eigenvalue weighted by molar-refractivity contribution is 9.10. The minimum atomic E-state index is -4.15. The molecule has 0 fully saturated rings. The smallest absolute Gasteiger partial charge is 0.299 e. The summed E-state index contributed by atoms with van der Waals surface area (Å²) in [6.45, 7) is 8.71. The number of pyridine rings is 4. The summed E-state index contributed by atoms with van der Waals surface area (Å²) in [7, 11) is -3.65. The number of rotatable bonds is 14. The average molecular weight is 916 g/mol. The van der Waals surface area contributed by atoms with E-state index >= 15 is 0 Å². The molecule has 0 spiro atoms. The number of nitrogens with zero attached hydrogens (tertiary/aromatic N) is 5. The third-order valence-electron chi connectivity index (χ3n) is 7.19. The lowest BCUT2D eigenvalue weighted by atomic mass is 10.1. The molecular weight excluding hydrogens is 874 g/mol. The quantitative estimate of drug-likeness (QED) is 0.0905. The first-order chi connectivity index (χ1) is 25.2. The molecular formula is C34H41Br2N7O9S2. The highest BCUT2D eigenvalue weighted by atomic mass is 79.9. The van der Waals surface area contributed by atoms with Gasteiger partial charge in [-0.15, -0.1) is 0 Å². The van der Waals surface area contributed by atoms with E-state index in [2.05, 4.69) is 61.3 Å².